The highest BCUT2D eigenvalue weighted by Gasteiger charge is 2.29. The predicted molar refractivity (Wildman–Crippen MR) is 88.6 cm³/mol. The molecule has 1 atom stereocenters. The molecule has 1 aromatic carbocycles. The van der Waals surface area contributed by atoms with Crippen LogP contribution in [0.4, 0.5) is 0 Å². The van der Waals surface area contributed by atoms with Crippen molar-refractivity contribution in [3.63, 3.8) is 0 Å². The van der Waals surface area contributed by atoms with Gasteiger partial charge < -0.3 is 9.73 Å². The molecule has 1 saturated carbocycles. The number of rotatable bonds is 5. The van der Waals surface area contributed by atoms with Gasteiger partial charge in [0.2, 0.25) is 0 Å². The lowest BCUT2D eigenvalue weighted by atomic mass is 9.80. The van der Waals surface area contributed by atoms with E-state index in [0.717, 1.165) is 24.5 Å². The third-order valence-electron chi connectivity index (χ3n) is 4.89. The summed E-state index contributed by atoms with van der Waals surface area (Å²) in [5.41, 5.74) is 2.48. The second-order valence-corrected chi connectivity index (χ2v) is 6.22. The number of para-hydroxylation sites is 1. The van der Waals surface area contributed by atoms with Crippen LogP contribution >= 0.6 is 0 Å². The van der Waals surface area contributed by atoms with Crippen LogP contribution in [0.1, 0.15) is 63.3 Å². The highest BCUT2D eigenvalue weighted by atomic mass is 16.3. The maximum Gasteiger partial charge on any atom is 0.134 e. The molecule has 1 aliphatic rings. The molecule has 1 unspecified atom stereocenters. The monoisotopic (exact) mass is 285 g/mol. The largest absolute Gasteiger partial charge is 0.461 e. The molecule has 2 aromatic rings. The summed E-state index contributed by atoms with van der Waals surface area (Å²) < 4.78 is 6.13. The Morgan fingerprint density at radius 2 is 1.90 bits per heavy atom. The van der Waals surface area contributed by atoms with Crippen molar-refractivity contribution in [2.45, 2.75) is 58.4 Å². The van der Waals surface area contributed by atoms with Crippen molar-refractivity contribution in [3.8, 4) is 0 Å². The van der Waals surface area contributed by atoms with Crippen LogP contribution in [0.5, 0.6) is 0 Å². The van der Waals surface area contributed by atoms with E-state index in [1.807, 2.05) is 0 Å². The van der Waals surface area contributed by atoms with Crippen LogP contribution in [-0.2, 0) is 6.42 Å². The minimum atomic E-state index is 0.453. The van der Waals surface area contributed by atoms with Crippen LogP contribution in [0.2, 0.25) is 0 Å². The standard InChI is InChI=1S/C19H27NO/c1-3-16-18(15-12-8-9-13-17(15)21-16)19(20-4-2)14-10-6-5-7-11-14/h8-9,12-14,19-20H,3-7,10-11H2,1-2H3. The maximum absolute atomic E-state index is 6.13. The van der Waals surface area contributed by atoms with Crippen molar-refractivity contribution in [3.05, 3.63) is 35.6 Å². The van der Waals surface area contributed by atoms with E-state index in [1.165, 1.54) is 48.8 Å². The third-order valence-corrected chi connectivity index (χ3v) is 4.89. The number of nitrogens with one attached hydrogen (secondary N) is 1. The van der Waals surface area contributed by atoms with E-state index in [-0.39, 0.29) is 0 Å². The number of furan rings is 1. The van der Waals surface area contributed by atoms with Gasteiger partial charge in [0.05, 0.1) is 0 Å². The Kier molecular flexibility index (Phi) is 4.64. The summed E-state index contributed by atoms with van der Waals surface area (Å²) in [6.45, 7) is 5.43. The second-order valence-electron chi connectivity index (χ2n) is 6.22. The summed E-state index contributed by atoms with van der Waals surface area (Å²) >= 11 is 0. The molecule has 1 N–H and O–H groups in total. The molecule has 114 valence electrons. The normalized spacial score (nSPS) is 18.2. The van der Waals surface area contributed by atoms with Crippen molar-refractivity contribution >= 4 is 11.0 Å². The Hall–Kier alpha value is -1.28. The number of benzene rings is 1. The van der Waals surface area contributed by atoms with E-state index >= 15 is 0 Å². The number of fused-ring (bicyclic) bond motifs is 1. The van der Waals surface area contributed by atoms with Crippen LogP contribution < -0.4 is 5.32 Å². The molecule has 1 aromatic heterocycles. The first-order valence-corrected chi connectivity index (χ1v) is 8.58. The number of aryl methyl sites for hydroxylation is 1. The molecule has 2 nitrogen and oxygen atoms in total. The zero-order valence-corrected chi connectivity index (χ0v) is 13.3. The smallest absolute Gasteiger partial charge is 0.134 e. The molecular weight excluding hydrogens is 258 g/mol. The summed E-state index contributed by atoms with van der Waals surface area (Å²) in [5, 5.41) is 5.07. The topological polar surface area (TPSA) is 25.2 Å². The van der Waals surface area contributed by atoms with Gasteiger partial charge in [-0.2, -0.15) is 0 Å². The zero-order valence-electron chi connectivity index (χ0n) is 13.3. The molecule has 0 amide bonds. The van der Waals surface area contributed by atoms with Gasteiger partial charge in [0.25, 0.3) is 0 Å². The average molecular weight is 285 g/mol. The van der Waals surface area contributed by atoms with E-state index < -0.39 is 0 Å². The van der Waals surface area contributed by atoms with Crippen LogP contribution in [0.25, 0.3) is 11.0 Å². The molecule has 0 spiro atoms. The average Bonchev–Trinajstić information content (AvgIpc) is 2.92. The van der Waals surface area contributed by atoms with E-state index in [2.05, 4.69) is 43.4 Å². The molecule has 0 bridgehead atoms. The minimum Gasteiger partial charge on any atom is -0.461 e. The summed E-state index contributed by atoms with van der Waals surface area (Å²) in [5.74, 6) is 1.93. The predicted octanol–water partition coefficient (Wildman–Crippen LogP) is 5.23. The van der Waals surface area contributed by atoms with E-state index in [4.69, 9.17) is 4.42 Å². The van der Waals surface area contributed by atoms with Crippen molar-refractivity contribution in [2.75, 3.05) is 6.54 Å². The van der Waals surface area contributed by atoms with Gasteiger partial charge in [-0.15, -0.1) is 0 Å². The van der Waals surface area contributed by atoms with E-state index in [0.29, 0.717) is 6.04 Å². The number of hydrogen-bond acceptors (Lipinski definition) is 2. The third kappa shape index (κ3) is 2.87. The summed E-state index contributed by atoms with van der Waals surface area (Å²) in [6.07, 6.45) is 7.83. The van der Waals surface area contributed by atoms with E-state index in [1.54, 1.807) is 0 Å². The summed E-state index contributed by atoms with van der Waals surface area (Å²) in [6, 6.07) is 8.97. The fraction of sp³-hybridized carbons (Fsp3) is 0.579. The minimum absolute atomic E-state index is 0.453. The lowest BCUT2D eigenvalue weighted by Gasteiger charge is -2.31. The van der Waals surface area contributed by atoms with Gasteiger partial charge in [0.15, 0.2) is 0 Å². The van der Waals surface area contributed by atoms with Crippen LogP contribution in [0.3, 0.4) is 0 Å². The Morgan fingerprint density at radius 1 is 1.14 bits per heavy atom. The summed E-state index contributed by atoms with van der Waals surface area (Å²) in [4.78, 5) is 0. The molecule has 1 fully saturated rings. The lowest BCUT2D eigenvalue weighted by molar-refractivity contribution is 0.272. The highest BCUT2D eigenvalue weighted by molar-refractivity contribution is 5.82. The molecule has 1 heterocycles. The molecule has 0 radical (unpaired) electrons. The Bertz CT molecular complexity index is 580. The summed E-state index contributed by atoms with van der Waals surface area (Å²) in [7, 11) is 0. The van der Waals surface area contributed by atoms with Crippen LogP contribution in [0.15, 0.2) is 28.7 Å². The Morgan fingerprint density at radius 3 is 2.62 bits per heavy atom. The SMILES string of the molecule is CCNC(c1c(CC)oc2ccccc12)C1CCCCC1. The van der Waals surface area contributed by atoms with Gasteiger partial charge in [-0.1, -0.05) is 51.3 Å². The van der Waals surface area contributed by atoms with Gasteiger partial charge in [-0.3, -0.25) is 0 Å². The molecule has 21 heavy (non-hydrogen) atoms. The zero-order chi connectivity index (χ0) is 14.7. The maximum atomic E-state index is 6.13. The molecule has 0 aliphatic heterocycles. The first-order chi connectivity index (χ1) is 10.3. The first kappa shape index (κ1) is 14.6. The number of hydrogen-bond donors (Lipinski definition) is 1. The lowest BCUT2D eigenvalue weighted by Crippen LogP contribution is -2.30. The van der Waals surface area contributed by atoms with Crippen LogP contribution in [0, 0.1) is 5.92 Å². The fourth-order valence-electron chi connectivity index (χ4n) is 3.91. The highest BCUT2D eigenvalue weighted by Crippen LogP contribution is 2.40. The molecule has 0 saturated heterocycles. The molecule has 2 heteroatoms. The Balaban J connectivity index is 2.04. The van der Waals surface area contributed by atoms with Gasteiger partial charge >= 0.3 is 0 Å². The fourth-order valence-corrected chi connectivity index (χ4v) is 3.91. The Labute approximate surface area is 127 Å². The molecular formula is C19H27NO. The quantitative estimate of drug-likeness (QED) is 0.814. The van der Waals surface area contributed by atoms with E-state index in [9.17, 15) is 0 Å². The molecule has 3 rings (SSSR count). The molecule has 1 aliphatic carbocycles. The van der Waals surface area contributed by atoms with Crippen molar-refractivity contribution in [1.29, 1.82) is 0 Å². The van der Waals surface area contributed by atoms with Gasteiger partial charge in [-0.05, 0) is 31.4 Å². The first-order valence-electron chi connectivity index (χ1n) is 8.58. The van der Waals surface area contributed by atoms with Gasteiger partial charge in [0, 0.05) is 23.4 Å². The van der Waals surface area contributed by atoms with Crippen molar-refractivity contribution < 1.29 is 4.42 Å². The van der Waals surface area contributed by atoms with Crippen molar-refractivity contribution in [2.24, 2.45) is 5.92 Å². The van der Waals surface area contributed by atoms with Crippen LogP contribution in [-0.4, -0.2) is 6.54 Å². The van der Waals surface area contributed by atoms with Crippen molar-refractivity contribution in [1.82, 2.24) is 5.32 Å². The van der Waals surface area contributed by atoms with Gasteiger partial charge in [0.1, 0.15) is 11.3 Å². The van der Waals surface area contributed by atoms with Gasteiger partial charge in [-0.25, -0.2) is 0 Å². The second kappa shape index (κ2) is 6.65.